The summed E-state index contributed by atoms with van der Waals surface area (Å²) in [4.78, 5) is 4.42. The van der Waals surface area contributed by atoms with E-state index in [1.54, 1.807) is 10.7 Å². The van der Waals surface area contributed by atoms with Crippen molar-refractivity contribution in [1.29, 1.82) is 0 Å². The molecule has 0 spiro atoms. The molecule has 0 saturated carbocycles. The van der Waals surface area contributed by atoms with E-state index in [2.05, 4.69) is 15.4 Å². The zero-order chi connectivity index (χ0) is 12.4. The van der Waals surface area contributed by atoms with Crippen LogP contribution in [0.1, 0.15) is 12.8 Å². The zero-order valence-corrected chi connectivity index (χ0v) is 11.5. The topological polar surface area (TPSA) is 42.2 Å². The average molecular weight is 283 g/mol. The lowest BCUT2D eigenvalue weighted by Crippen LogP contribution is -2.19. The summed E-state index contributed by atoms with van der Waals surface area (Å²) in [6.07, 6.45) is 4.35. The number of anilines is 1. The van der Waals surface area contributed by atoms with Crippen LogP contribution in [0.15, 0.2) is 18.3 Å². The molecule has 1 aliphatic heterocycles. The first-order valence-corrected chi connectivity index (χ1v) is 7.68. The molecule has 4 nitrogen and oxygen atoms in total. The van der Waals surface area contributed by atoms with Crippen LogP contribution in [-0.2, 0) is 0 Å². The number of aromatic nitrogens is 3. The highest BCUT2D eigenvalue weighted by Gasteiger charge is 2.14. The molecule has 0 atom stereocenters. The van der Waals surface area contributed by atoms with E-state index < -0.39 is 0 Å². The van der Waals surface area contributed by atoms with E-state index in [4.69, 9.17) is 11.6 Å². The number of fused-ring (bicyclic) bond motifs is 1. The number of rotatable bonds is 3. The molecule has 6 heteroatoms. The molecule has 0 radical (unpaired) electrons. The van der Waals surface area contributed by atoms with Gasteiger partial charge in [-0.1, -0.05) is 11.6 Å². The van der Waals surface area contributed by atoms with Gasteiger partial charge in [0.25, 0.3) is 0 Å². The molecule has 0 aliphatic carbocycles. The van der Waals surface area contributed by atoms with Gasteiger partial charge in [0, 0.05) is 12.7 Å². The van der Waals surface area contributed by atoms with Gasteiger partial charge in [-0.25, -0.2) is 4.52 Å². The summed E-state index contributed by atoms with van der Waals surface area (Å²) in [6, 6.07) is 3.70. The van der Waals surface area contributed by atoms with Gasteiger partial charge < -0.3 is 5.32 Å². The van der Waals surface area contributed by atoms with E-state index in [9.17, 15) is 0 Å². The summed E-state index contributed by atoms with van der Waals surface area (Å²) >= 11 is 7.96. The van der Waals surface area contributed by atoms with Crippen LogP contribution >= 0.6 is 23.4 Å². The summed E-state index contributed by atoms with van der Waals surface area (Å²) in [5.74, 6) is 4.00. The van der Waals surface area contributed by atoms with Crippen molar-refractivity contribution in [3.63, 3.8) is 0 Å². The number of nitrogens with one attached hydrogen (secondary N) is 1. The third kappa shape index (κ3) is 2.72. The molecule has 0 unspecified atom stereocenters. The van der Waals surface area contributed by atoms with Crippen LogP contribution in [0.3, 0.4) is 0 Å². The number of halogens is 1. The molecule has 1 aliphatic rings. The molecule has 18 heavy (non-hydrogen) atoms. The summed E-state index contributed by atoms with van der Waals surface area (Å²) in [7, 11) is 0. The second kappa shape index (κ2) is 5.36. The predicted molar refractivity (Wildman–Crippen MR) is 76.5 cm³/mol. The maximum Gasteiger partial charge on any atom is 0.243 e. The van der Waals surface area contributed by atoms with Gasteiger partial charge in [0.1, 0.15) is 0 Å². The Hall–Kier alpha value is -0.940. The van der Waals surface area contributed by atoms with E-state index in [1.807, 2.05) is 23.9 Å². The molecule has 0 bridgehead atoms. The highest BCUT2D eigenvalue weighted by Crippen LogP contribution is 2.22. The standard InChI is InChI=1S/C12H15ClN4S/c13-10-1-2-11-15-12(16-17(11)8-10)14-7-9-3-5-18-6-4-9/h1-2,8-9H,3-7H2,(H,14,16). The fourth-order valence-electron chi connectivity index (χ4n) is 2.12. The normalized spacial score (nSPS) is 17.2. The van der Waals surface area contributed by atoms with Crippen LogP contribution in [0.4, 0.5) is 5.95 Å². The molecule has 1 saturated heterocycles. The lowest BCUT2D eigenvalue weighted by molar-refractivity contribution is 0.515. The maximum absolute atomic E-state index is 5.92. The maximum atomic E-state index is 5.92. The largest absolute Gasteiger partial charge is 0.353 e. The third-order valence-electron chi connectivity index (χ3n) is 3.18. The molecule has 2 aromatic heterocycles. The molecule has 96 valence electrons. The van der Waals surface area contributed by atoms with Gasteiger partial charge in [0.05, 0.1) is 5.02 Å². The van der Waals surface area contributed by atoms with Gasteiger partial charge in [0.15, 0.2) is 5.65 Å². The zero-order valence-electron chi connectivity index (χ0n) is 9.97. The van der Waals surface area contributed by atoms with E-state index in [0.717, 1.165) is 18.1 Å². The molecular weight excluding hydrogens is 268 g/mol. The summed E-state index contributed by atoms with van der Waals surface area (Å²) in [6.45, 7) is 0.963. The second-order valence-electron chi connectivity index (χ2n) is 4.52. The number of pyridine rings is 1. The highest BCUT2D eigenvalue weighted by molar-refractivity contribution is 7.99. The van der Waals surface area contributed by atoms with Gasteiger partial charge in [-0.15, -0.1) is 5.10 Å². The van der Waals surface area contributed by atoms with Crippen LogP contribution < -0.4 is 5.32 Å². The van der Waals surface area contributed by atoms with Gasteiger partial charge >= 0.3 is 0 Å². The van der Waals surface area contributed by atoms with Gasteiger partial charge in [-0.2, -0.15) is 16.7 Å². The van der Waals surface area contributed by atoms with Crippen molar-refractivity contribution in [2.24, 2.45) is 5.92 Å². The number of hydrogen-bond acceptors (Lipinski definition) is 4. The van der Waals surface area contributed by atoms with E-state index in [0.29, 0.717) is 11.0 Å². The Kier molecular flexibility index (Phi) is 3.61. The van der Waals surface area contributed by atoms with Crippen molar-refractivity contribution in [2.75, 3.05) is 23.4 Å². The molecular formula is C12H15ClN4S. The number of thioether (sulfide) groups is 1. The summed E-state index contributed by atoms with van der Waals surface area (Å²) in [5.41, 5.74) is 0.820. The first-order valence-electron chi connectivity index (χ1n) is 6.15. The molecule has 0 aromatic carbocycles. The molecule has 3 heterocycles. The Morgan fingerprint density at radius 1 is 1.39 bits per heavy atom. The van der Waals surface area contributed by atoms with Gasteiger partial charge in [-0.05, 0) is 42.4 Å². The Morgan fingerprint density at radius 3 is 3.06 bits per heavy atom. The molecule has 1 N–H and O–H groups in total. The minimum absolute atomic E-state index is 0.670. The predicted octanol–water partition coefficient (Wildman–Crippen LogP) is 2.94. The quantitative estimate of drug-likeness (QED) is 0.940. The fourth-order valence-corrected chi connectivity index (χ4v) is 3.48. The molecule has 3 rings (SSSR count). The minimum Gasteiger partial charge on any atom is -0.353 e. The minimum atomic E-state index is 0.670. The van der Waals surface area contributed by atoms with Gasteiger partial charge in [-0.3, -0.25) is 0 Å². The lowest BCUT2D eigenvalue weighted by Gasteiger charge is -2.20. The van der Waals surface area contributed by atoms with Crippen molar-refractivity contribution < 1.29 is 0 Å². The average Bonchev–Trinajstić information content (AvgIpc) is 2.79. The molecule has 0 amide bonds. The summed E-state index contributed by atoms with van der Waals surface area (Å²) in [5, 5.41) is 8.36. The van der Waals surface area contributed by atoms with Crippen LogP contribution in [0, 0.1) is 5.92 Å². The second-order valence-corrected chi connectivity index (χ2v) is 6.18. The first kappa shape index (κ1) is 12.1. The van der Waals surface area contributed by atoms with Crippen molar-refractivity contribution in [3.05, 3.63) is 23.4 Å². The Bertz CT molecular complexity index is 536. The monoisotopic (exact) mass is 282 g/mol. The smallest absolute Gasteiger partial charge is 0.243 e. The van der Waals surface area contributed by atoms with E-state index >= 15 is 0 Å². The van der Waals surface area contributed by atoms with Crippen molar-refractivity contribution in [3.8, 4) is 0 Å². The number of nitrogens with zero attached hydrogens (tertiary/aromatic N) is 3. The Morgan fingerprint density at radius 2 is 2.22 bits per heavy atom. The first-order chi connectivity index (χ1) is 8.81. The van der Waals surface area contributed by atoms with Crippen molar-refractivity contribution >= 4 is 35.0 Å². The fraction of sp³-hybridized carbons (Fsp3) is 0.500. The number of hydrogen-bond donors (Lipinski definition) is 1. The van der Waals surface area contributed by atoms with Gasteiger partial charge in [0.2, 0.25) is 5.95 Å². The SMILES string of the molecule is Clc1ccc2nc(NCC3CCSCC3)nn2c1. The summed E-state index contributed by atoms with van der Waals surface area (Å²) < 4.78 is 1.71. The lowest BCUT2D eigenvalue weighted by atomic mass is 10.0. The van der Waals surface area contributed by atoms with Crippen molar-refractivity contribution in [1.82, 2.24) is 14.6 Å². The Labute approximate surface area is 115 Å². The molecule has 2 aromatic rings. The van der Waals surface area contributed by atoms with Crippen LogP contribution in [-0.4, -0.2) is 32.6 Å². The van der Waals surface area contributed by atoms with Crippen LogP contribution in [0.5, 0.6) is 0 Å². The van der Waals surface area contributed by atoms with E-state index in [1.165, 1.54) is 24.3 Å². The van der Waals surface area contributed by atoms with Crippen LogP contribution in [0.25, 0.3) is 5.65 Å². The molecule has 1 fully saturated rings. The third-order valence-corrected chi connectivity index (χ3v) is 4.46. The van der Waals surface area contributed by atoms with E-state index in [-0.39, 0.29) is 0 Å². The highest BCUT2D eigenvalue weighted by atomic mass is 35.5. The van der Waals surface area contributed by atoms with Crippen molar-refractivity contribution in [2.45, 2.75) is 12.8 Å². The van der Waals surface area contributed by atoms with Crippen LogP contribution in [0.2, 0.25) is 5.02 Å². The Balaban J connectivity index is 1.67.